The van der Waals surface area contributed by atoms with Crippen LogP contribution in [0.3, 0.4) is 0 Å². The number of rotatable bonds is 21. The third-order valence-electron chi connectivity index (χ3n) is 5.58. The molecule has 190 valence electrons. The van der Waals surface area contributed by atoms with Crippen molar-refractivity contribution in [3.05, 3.63) is 0 Å². The highest BCUT2D eigenvalue weighted by molar-refractivity contribution is 5.74. The van der Waals surface area contributed by atoms with E-state index in [1.54, 1.807) is 18.2 Å². The van der Waals surface area contributed by atoms with E-state index in [2.05, 4.69) is 24.8 Å². The molecule has 1 fully saturated rings. The third kappa shape index (κ3) is 16.1. The first-order valence-corrected chi connectivity index (χ1v) is 12.6. The first kappa shape index (κ1) is 29.4. The molecule has 1 heterocycles. The largest absolute Gasteiger partial charge is 0.449 e. The molecule has 0 bridgehead atoms. The highest BCUT2D eigenvalue weighted by Crippen LogP contribution is 2.12. The van der Waals surface area contributed by atoms with Crippen molar-refractivity contribution in [3.63, 3.8) is 0 Å². The van der Waals surface area contributed by atoms with Crippen molar-refractivity contribution < 1.29 is 19.1 Å². The number of aliphatic imine (C=N–C) groups is 4. The van der Waals surface area contributed by atoms with Crippen LogP contribution in [0.4, 0.5) is 0 Å². The fourth-order valence-electron chi connectivity index (χ4n) is 3.73. The van der Waals surface area contributed by atoms with Crippen LogP contribution >= 0.6 is 0 Å². The molecule has 1 aliphatic heterocycles. The molecule has 1 rings (SSSR count). The van der Waals surface area contributed by atoms with Crippen LogP contribution in [-0.4, -0.2) is 86.7 Å². The second kappa shape index (κ2) is 22.2. The molecule has 0 amide bonds. The molecule has 10 nitrogen and oxygen atoms in total. The van der Waals surface area contributed by atoms with Crippen LogP contribution in [0.1, 0.15) is 77.0 Å². The van der Waals surface area contributed by atoms with E-state index in [4.69, 9.17) is 9.73 Å². The molecule has 10 heteroatoms. The Morgan fingerprint density at radius 3 is 1.62 bits per heavy atom. The molecule has 34 heavy (non-hydrogen) atoms. The maximum atomic E-state index is 10.1. The lowest BCUT2D eigenvalue weighted by atomic mass is 10.2. The van der Waals surface area contributed by atoms with Gasteiger partial charge in [0.2, 0.25) is 18.2 Å². The summed E-state index contributed by atoms with van der Waals surface area (Å²) < 4.78 is 6.01. The number of hydrogen-bond donors (Lipinski definition) is 0. The lowest BCUT2D eigenvalue weighted by Crippen LogP contribution is -2.50. The SMILES string of the molecule is O=C=NCCCCCCN=C1OCN(CCCCCCN=C=O)CN1CCCCCCN=C=O. The molecule has 1 saturated heterocycles. The molecule has 0 atom stereocenters. The monoisotopic (exact) mass is 476 g/mol. The van der Waals surface area contributed by atoms with Crippen LogP contribution < -0.4 is 0 Å². The lowest BCUT2D eigenvalue weighted by molar-refractivity contribution is 0.0144. The fourth-order valence-corrected chi connectivity index (χ4v) is 3.73. The average Bonchev–Trinajstić information content (AvgIpc) is 2.85. The number of ether oxygens (including phenoxy) is 1. The Balaban J connectivity index is 2.39. The molecule has 0 spiro atoms. The molecule has 0 aromatic heterocycles. The van der Waals surface area contributed by atoms with E-state index in [1.807, 2.05) is 0 Å². The van der Waals surface area contributed by atoms with Crippen molar-refractivity contribution in [3.8, 4) is 0 Å². The Morgan fingerprint density at radius 1 is 0.618 bits per heavy atom. The second-order valence-electron chi connectivity index (χ2n) is 8.40. The Hall–Kier alpha value is -2.63. The molecule has 0 unspecified atom stereocenters. The van der Waals surface area contributed by atoms with Crippen molar-refractivity contribution in [1.82, 2.24) is 9.80 Å². The number of isocyanates is 3. The Bertz CT molecular complexity index is 698. The predicted octanol–water partition coefficient (Wildman–Crippen LogP) is 3.58. The van der Waals surface area contributed by atoms with Crippen LogP contribution in [0.15, 0.2) is 20.0 Å². The Morgan fingerprint density at radius 2 is 1.09 bits per heavy atom. The molecular formula is C24H40N6O4. The highest BCUT2D eigenvalue weighted by atomic mass is 16.5. The molecule has 0 aliphatic carbocycles. The molecule has 0 aromatic rings. The van der Waals surface area contributed by atoms with Gasteiger partial charge in [-0.25, -0.2) is 34.4 Å². The van der Waals surface area contributed by atoms with E-state index >= 15 is 0 Å². The van der Waals surface area contributed by atoms with Gasteiger partial charge in [-0.15, -0.1) is 0 Å². The fraction of sp³-hybridized carbons (Fsp3) is 0.833. The van der Waals surface area contributed by atoms with Gasteiger partial charge in [-0.3, -0.25) is 4.90 Å². The minimum absolute atomic E-state index is 0.554. The van der Waals surface area contributed by atoms with Crippen molar-refractivity contribution >= 4 is 24.3 Å². The smallest absolute Gasteiger partial charge is 0.289 e. The summed E-state index contributed by atoms with van der Waals surface area (Å²) in [5, 5.41) is 0. The zero-order chi connectivity index (χ0) is 24.5. The predicted molar refractivity (Wildman–Crippen MR) is 131 cm³/mol. The Labute approximate surface area is 203 Å². The lowest BCUT2D eigenvalue weighted by Gasteiger charge is -2.37. The number of unbranched alkanes of at least 4 members (excludes halogenated alkanes) is 9. The standard InChI is InChI=1S/C24H40N6O4/c31-19-25-13-7-1-2-10-16-28-24-30(18-12-6-4-9-15-27-21-33)22-29(23-34-24)17-11-5-3-8-14-26-20-32/h1-18,22-23H2. The van der Waals surface area contributed by atoms with Crippen LogP contribution in [-0.2, 0) is 19.1 Å². The maximum absolute atomic E-state index is 10.1. The van der Waals surface area contributed by atoms with E-state index in [-0.39, 0.29) is 0 Å². The number of amidine groups is 1. The quantitative estimate of drug-likeness (QED) is 0.142. The first-order valence-electron chi connectivity index (χ1n) is 12.6. The van der Waals surface area contributed by atoms with Gasteiger partial charge < -0.3 is 9.64 Å². The summed E-state index contributed by atoms with van der Waals surface area (Å²) in [6.45, 7) is 5.63. The van der Waals surface area contributed by atoms with Crippen LogP contribution in [0.2, 0.25) is 0 Å². The van der Waals surface area contributed by atoms with Gasteiger partial charge in [-0.2, -0.15) is 0 Å². The molecule has 0 aromatic carbocycles. The van der Waals surface area contributed by atoms with E-state index in [1.165, 1.54) is 0 Å². The summed E-state index contributed by atoms with van der Waals surface area (Å²) in [6, 6.07) is 0.735. The van der Waals surface area contributed by atoms with Crippen LogP contribution in [0.25, 0.3) is 0 Å². The van der Waals surface area contributed by atoms with Gasteiger partial charge in [0.05, 0.1) is 26.3 Å². The number of nitrogens with zero attached hydrogens (tertiary/aromatic N) is 6. The minimum Gasteiger partial charge on any atom is -0.449 e. The van der Waals surface area contributed by atoms with E-state index < -0.39 is 0 Å². The summed E-state index contributed by atoms with van der Waals surface area (Å²) in [7, 11) is 0. The molecule has 1 aliphatic rings. The second-order valence-corrected chi connectivity index (χ2v) is 8.40. The molecule has 0 saturated carbocycles. The van der Waals surface area contributed by atoms with Crippen molar-refractivity contribution in [2.45, 2.75) is 77.0 Å². The first-order chi connectivity index (χ1) is 16.8. The summed E-state index contributed by atoms with van der Waals surface area (Å²) in [6.07, 6.45) is 17.0. The van der Waals surface area contributed by atoms with E-state index in [0.717, 1.165) is 109 Å². The number of carbonyl (C=O) groups excluding carboxylic acids is 3. The highest BCUT2D eigenvalue weighted by Gasteiger charge is 2.22. The van der Waals surface area contributed by atoms with Crippen LogP contribution in [0, 0.1) is 0 Å². The van der Waals surface area contributed by atoms with Gasteiger partial charge in [0.25, 0.3) is 6.02 Å². The summed E-state index contributed by atoms with van der Waals surface area (Å²) >= 11 is 0. The van der Waals surface area contributed by atoms with Gasteiger partial charge in [0.1, 0.15) is 6.73 Å². The van der Waals surface area contributed by atoms with Gasteiger partial charge in [-0.05, 0) is 38.5 Å². The van der Waals surface area contributed by atoms with Crippen LogP contribution in [0.5, 0.6) is 0 Å². The van der Waals surface area contributed by atoms with Crippen molar-refractivity contribution in [1.29, 1.82) is 0 Å². The zero-order valence-corrected chi connectivity index (χ0v) is 20.5. The van der Waals surface area contributed by atoms with Gasteiger partial charge in [0, 0.05) is 19.6 Å². The van der Waals surface area contributed by atoms with E-state index in [9.17, 15) is 14.4 Å². The average molecular weight is 477 g/mol. The van der Waals surface area contributed by atoms with Gasteiger partial charge in [0.15, 0.2) is 0 Å². The normalized spacial score (nSPS) is 14.7. The van der Waals surface area contributed by atoms with Gasteiger partial charge in [-0.1, -0.05) is 38.5 Å². The number of hydrogen-bond acceptors (Lipinski definition) is 9. The zero-order valence-electron chi connectivity index (χ0n) is 20.5. The van der Waals surface area contributed by atoms with Crippen molar-refractivity contribution in [2.24, 2.45) is 20.0 Å². The summed E-state index contributed by atoms with van der Waals surface area (Å²) in [4.78, 5) is 50.3. The third-order valence-corrected chi connectivity index (χ3v) is 5.58. The van der Waals surface area contributed by atoms with Gasteiger partial charge >= 0.3 is 0 Å². The minimum atomic E-state index is 0.554. The van der Waals surface area contributed by atoms with E-state index in [0.29, 0.717) is 26.4 Å². The molecule has 0 radical (unpaired) electrons. The molecular weight excluding hydrogens is 436 g/mol. The van der Waals surface area contributed by atoms with Crippen molar-refractivity contribution in [2.75, 3.05) is 52.7 Å². The molecule has 0 N–H and O–H groups in total. The Kier molecular flexibility index (Phi) is 19.2. The summed E-state index contributed by atoms with van der Waals surface area (Å²) in [5.74, 6) is 0. The summed E-state index contributed by atoms with van der Waals surface area (Å²) in [5.41, 5.74) is 0. The topological polar surface area (TPSA) is 116 Å². The maximum Gasteiger partial charge on any atom is 0.289 e.